The third-order valence-electron chi connectivity index (χ3n) is 4.75. The number of aryl methyl sites for hydroxylation is 1. The maximum Gasteiger partial charge on any atom is 0.222 e. The standard InChI is InChI=1S/C19H25N3O/c1-4-15-13(3)20-17-9-7-6-8-16(17)19(15)21-14-10-11-22(12-14)18(23)5-2/h6-9,14H,4-5,10-12H2,1-3H3,(H,20,21). The summed E-state index contributed by atoms with van der Waals surface area (Å²) in [6.07, 6.45) is 2.55. The maximum atomic E-state index is 11.9. The molecule has 0 aliphatic carbocycles. The molecule has 122 valence electrons. The Morgan fingerprint density at radius 2 is 2.13 bits per heavy atom. The molecule has 1 aliphatic rings. The molecular formula is C19H25N3O. The summed E-state index contributed by atoms with van der Waals surface area (Å²) in [5.41, 5.74) is 4.60. The number of aromatic nitrogens is 1. The van der Waals surface area contributed by atoms with Gasteiger partial charge in [0.15, 0.2) is 0 Å². The number of hydrogen-bond acceptors (Lipinski definition) is 3. The first-order valence-electron chi connectivity index (χ1n) is 8.56. The second-order valence-corrected chi connectivity index (χ2v) is 6.24. The lowest BCUT2D eigenvalue weighted by molar-refractivity contribution is -0.129. The Morgan fingerprint density at radius 3 is 2.87 bits per heavy atom. The molecular weight excluding hydrogens is 286 g/mol. The number of fused-ring (bicyclic) bond motifs is 1. The van der Waals surface area contributed by atoms with Crippen LogP contribution in [0.4, 0.5) is 5.69 Å². The van der Waals surface area contributed by atoms with E-state index in [0.717, 1.165) is 37.1 Å². The maximum absolute atomic E-state index is 11.9. The summed E-state index contributed by atoms with van der Waals surface area (Å²) in [5, 5.41) is 4.90. The number of nitrogens with zero attached hydrogens (tertiary/aromatic N) is 2. The SMILES string of the molecule is CCC(=O)N1CCC(Nc2c(CC)c(C)nc3ccccc23)C1. The summed E-state index contributed by atoms with van der Waals surface area (Å²) in [6, 6.07) is 8.61. The van der Waals surface area contributed by atoms with Crippen LogP contribution in [0.5, 0.6) is 0 Å². The molecule has 0 saturated carbocycles. The molecule has 1 amide bonds. The number of benzene rings is 1. The largest absolute Gasteiger partial charge is 0.380 e. The van der Waals surface area contributed by atoms with E-state index in [2.05, 4.69) is 37.4 Å². The monoisotopic (exact) mass is 311 g/mol. The minimum Gasteiger partial charge on any atom is -0.380 e. The van der Waals surface area contributed by atoms with E-state index in [1.165, 1.54) is 16.6 Å². The fourth-order valence-electron chi connectivity index (χ4n) is 3.50. The Hall–Kier alpha value is -2.10. The number of carbonyl (C=O) groups excluding carboxylic acids is 1. The van der Waals surface area contributed by atoms with Crippen LogP contribution >= 0.6 is 0 Å². The minimum atomic E-state index is 0.251. The first-order valence-corrected chi connectivity index (χ1v) is 8.56. The van der Waals surface area contributed by atoms with Gasteiger partial charge in [0, 0.05) is 42.3 Å². The molecule has 0 bridgehead atoms. The number of amides is 1. The molecule has 4 nitrogen and oxygen atoms in total. The van der Waals surface area contributed by atoms with E-state index < -0.39 is 0 Å². The van der Waals surface area contributed by atoms with Gasteiger partial charge in [-0.05, 0) is 31.4 Å². The van der Waals surface area contributed by atoms with Crippen LogP contribution in [-0.4, -0.2) is 34.9 Å². The van der Waals surface area contributed by atoms with Crippen LogP contribution in [0.3, 0.4) is 0 Å². The first kappa shape index (κ1) is 15.8. The highest BCUT2D eigenvalue weighted by molar-refractivity contribution is 5.93. The molecule has 0 radical (unpaired) electrons. The van der Waals surface area contributed by atoms with E-state index in [4.69, 9.17) is 4.98 Å². The van der Waals surface area contributed by atoms with Crippen LogP contribution in [0, 0.1) is 6.92 Å². The molecule has 1 fully saturated rings. The second-order valence-electron chi connectivity index (χ2n) is 6.24. The Morgan fingerprint density at radius 1 is 1.35 bits per heavy atom. The van der Waals surface area contributed by atoms with Crippen molar-refractivity contribution in [3.8, 4) is 0 Å². The first-order chi connectivity index (χ1) is 11.1. The summed E-state index contributed by atoms with van der Waals surface area (Å²) in [4.78, 5) is 18.6. The summed E-state index contributed by atoms with van der Waals surface area (Å²) in [7, 11) is 0. The quantitative estimate of drug-likeness (QED) is 0.939. The van der Waals surface area contributed by atoms with Crippen molar-refractivity contribution in [1.29, 1.82) is 0 Å². The lowest BCUT2D eigenvalue weighted by Crippen LogP contribution is -2.31. The Bertz CT molecular complexity index is 726. The number of para-hydroxylation sites is 1. The number of anilines is 1. The molecule has 23 heavy (non-hydrogen) atoms. The average Bonchev–Trinajstić information content (AvgIpc) is 3.03. The van der Waals surface area contributed by atoms with Crippen molar-refractivity contribution in [3.63, 3.8) is 0 Å². The van der Waals surface area contributed by atoms with Gasteiger partial charge in [-0.25, -0.2) is 0 Å². The van der Waals surface area contributed by atoms with Crippen LogP contribution in [0.1, 0.15) is 37.9 Å². The van der Waals surface area contributed by atoms with Gasteiger partial charge in [-0.3, -0.25) is 9.78 Å². The molecule has 1 atom stereocenters. The third kappa shape index (κ3) is 3.03. The molecule has 1 aliphatic heterocycles. The van der Waals surface area contributed by atoms with Crippen LogP contribution < -0.4 is 5.32 Å². The molecule has 1 aromatic heterocycles. The van der Waals surface area contributed by atoms with Crippen LogP contribution in [-0.2, 0) is 11.2 Å². The smallest absolute Gasteiger partial charge is 0.222 e. The molecule has 1 unspecified atom stereocenters. The second kappa shape index (κ2) is 6.57. The van der Waals surface area contributed by atoms with Gasteiger partial charge in [0.1, 0.15) is 0 Å². The summed E-state index contributed by atoms with van der Waals surface area (Å²) in [6.45, 7) is 7.83. The molecule has 1 aromatic carbocycles. The van der Waals surface area contributed by atoms with Crippen molar-refractivity contribution >= 4 is 22.5 Å². The van der Waals surface area contributed by atoms with Crippen LogP contribution in [0.2, 0.25) is 0 Å². The van der Waals surface area contributed by atoms with E-state index in [1.54, 1.807) is 0 Å². The highest BCUT2D eigenvalue weighted by Gasteiger charge is 2.26. The lowest BCUT2D eigenvalue weighted by Gasteiger charge is -2.21. The van der Waals surface area contributed by atoms with Crippen molar-refractivity contribution in [2.45, 2.75) is 46.1 Å². The van der Waals surface area contributed by atoms with Gasteiger partial charge < -0.3 is 10.2 Å². The molecule has 2 heterocycles. The zero-order valence-electron chi connectivity index (χ0n) is 14.2. The van der Waals surface area contributed by atoms with E-state index in [-0.39, 0.29) is 5.91 Å². The summed E-state index contributed by atoms with van der Waals surface area (Å²) < 4.78 is 0. The normalized spacial score (nSPS) is 17.7. The Labute approximate surface area is 137 Å². The number of rotatable bonds is 4. The number of nitrogens with one attached hydrogen (secondary N) is 1. The van der Waals surface area contributed by atoms with E-state index >= 15 is 0 Å². The molecule has 2 aromatic rings. The van der Waals surface area contributed by atoms with Gasteiger partial charge in [-0.2, -0.15) is 0 Å². The molecule has 1 N–H and O–H groups in total. The van der Waals surface area contributed by atoms with E-state index in [9.17, 15) is 4.79 Å². The molecule has 4 heteroatoms. The number of likely N-dealkylation sites (tertiary alicyclic amines) is 1. The van der Waals surface area contributed by atoms with Gasteiger partial charge in [0.25, 0.3) is 0 Å². The van der Waals surface area contributed by atoms with Crippen LogP contribution in [0.15, 0.2) is 24.3 Å². The zero-order valence-corrected chi connectivity index (χ0v) is 14.2. The highest BCUT2D eigenvalue weighted by atomic mass is 16.2. The number of carbonyl (C=O) groups is 1. The van der Waals surface area contributed by atoms with Crippen molar-refractivity contribution in [2.24, 2.45) is 0 Å². The van der Waals surface area contributed by atoms with Gasteiger partial charge in [0.05, 0.1) is 5.52 Å². The highest BCUT2D eigenvalue weighted by Crippen LogP contribution is 2.30. The van der Waals surface area contributed by atoms with Gasteiger partial charge in [-0.15, -0.1) is 0 Å². The number of pyridine rings is 1. The molecule has 0 spiro atoms. The van der Waals surface area contributed by atoms with E-state index in [1.807, 2.05) is 17.9 Å². The average molecular weight is 311 g/mol. The fourth-order valence-corrected chi connectivity index (χ4v) is 3.50. The van der Waals surface area contributed by atoms with E-state index in [0.29, 0.717) is 12.5 Å². The van der Waals surface area contributed by atoms with Crippen molar-refractivity contribution in [3.05, 3.63) is 35.5 Å². The van der Waals surface area contributed by atoms with Crippen molar-refractivity contribution < 1.29 is 4.79 Å². The fraction of sp³-hybridized carbons (Fsp3) is 0.474. The zero-order chi connectivity index (χ0) is 16.4. The summed E-state index contributed by atoms with van der Waals surface area (Å²) >= 11 is 0. The van der Waals surface area contributed by atoms with Crippen molar-refractivity contribution in [2.75, 3.05) is 18.4 Å². The van der Waals surface area contributed by atoms with Gasteiger partial charge in [-0.1, -0.05) is 32.0 Å². The minimum absolute atomic E-state index is 0.251. The van der Waals surface area contributed by atoms with Crippen molar-refractivity contribution in [1.82, 2.24) is 9.88 Å². The predicted molar refractivity (Wildman–Crippen MR) is 94.8 cm³/mol. The van der Waals surface area contributed by atoms with Gasteiger partial charge in [0.2, 0.25) is 5.91 Å². The Kier molecular flexibility index (Phi) is 4.51. The predicted octanol–water partition coefficient (Wildman–Crippen LogP) is 3.53. The Balaban J connectivity index is 1.92. The summed E-state index contributed by atoms with van der Waals surface area (Å²) in [5.74, 6) is 0.251. The molecule has 3 rings (SSSR count). The number of hydrogen-bond donors (Lipinski definition) is 1. The van der Waals surface area contributed by atoms with Gasteiger partial charge >= 0.3 is 0 Å². The molecule has 1 saturated heterocycles. The third-order valence-corrected chi connectivity index (χ3v) is 4.75. The topological polar surface area (TPSA) is 45.2 Å². The van der Waals surface area contributed by atoms with Crippen LogP contribution in [0.25, 0.3) is 10.9 Å². The lowest BCUT2D eigenvalue weighted by atomic mass is 10.0.